The molecule has 0 aliphatic rings. The molecule has 0 aromatic carbocycles. The van der Waals surface area contributed by atoms with Gasteiger partial charge < -0.3 is 0 Å². The van der Waals surface area contributed by atoms with Crippen molar-refractivity contribution in [2.24, 2.45) is 0 Å². The molecule has 0 spiro atoms. The fourth-order valence-electron chi connectivity index (χ4n) is 0. The molecule has 0 saturated carbocycles. The van der Waals surface area contributed by atoms with Gasteiger partial charge in [-0.1, -0.05) is 0 Å². The monoisotopic (exact) mass is 411 g/mol. The third kappa shape index (κ3) is 60.0. The minimum Gasteiger partial charge on any atom is -0.147 e. The molecule has 0 N–H and O–H groups in total. The first-order valence-electron chi connectivity index (χ1n) is 0. The van der Waals surface area contributed by atoms with Crippen LogP contribution in [0.3, 0.4) is 0 Å². The number of hydrogen-bond acceptors (Lipinski definition) is 0. The van der Waals surface area contributed by atoms with Crippen molar-refractivity contribution >= 4 is 74.4 Å². The third-order valence-electron chi connectivity index (χ3n) is 0. The summed E-state index contributed by atoms with van der Waals surface area (Å²) in [5.74, 6) is 0. The van der Waals surface area contributed by atoms with Gasteiger partial charge in [0.05, 0.1) is 0 Å². The topological polar surface area (TPSA) is 0 Å². The maximum Gasteiger partial charge on any atom is 1.00 e. The minimum atomic E-state index is 0. The van der Waals surface area contributed by atoms with Gasteiger partial charge in [-0.2, -0.15) is 0 Å². The normalized spacial score (nSPS) is 0. The summed E-state index contributed by atoms with van der Waals surface area (Å²) >= 11 is 0. The number of hydrogen-bond donors (Lipinski definition) is 0. The second-order valence-corrected chi connectivity index (χ2v) is 0. The molecule has 1 radical (unpaired) electrons. The van der Waals surface area contributed by atoms with Gasteiger partial charge in [0, 0.05) is 20.1 Å². The first-order chi connectivity index (χ1) is 0. The Balaban J connectivity index is 0. The van der Waals surface area contributed by atoms with Crippen molar-refractivity contribution in [3.05, 3.63) is 0 Å². The summed E-state index contributed by atoms with van der Waals surface area (Å²) in [6.07, 6.45) is 0. The van der Waals surface area contributed by atoms with E-state index in [9.17, 15) is 0 Å². The molecule has 0 aromatic rings. The molecule has 0 nitrogen and oxygen atoms in total. The fraction of sp³-hybridized carbons (Fsp3) is 0. The molecule has 0 aromatic heterocycles. The minimum absolute atomic E-state index is 0. The second kappa shape index (κ2) is 80.2. The predicted molar refractivity (Wildman–Crippen MR) is 45.7 cm³/mol. The Hall–Kier alpha value is 2.39. The van der Waals surface area contributed by atoms with E-state index in [4.69, 9.17) is 0 Å². The standard InChI is InChI=1S/6ClH.Ir/h6*1H;/p+2. The summed E-state index contributed by atoms with van der Waals surface area (Å²) in [7, 11) is 0. The molecule has 57 valence electrons. The van der Waals surface area contributed by atoms with Gasteiger partial charge in [-0.3, -0.25) is 0 Å². The van der Waals surface area contributed by atoms with Crippen LogP contribution in [0.2, 0.25) is 0 Å². The van der Waals surface area contributed by atoms with E-state index in [-0.39, 0.29) is 97.4 Å². The summed E-state index contributed by atoms with van der Waals surface area (Å²) in [6.45, 7) is 0. The van der Waals surface area contributed by atoms with Gasteiger partial charge in [-0.05, 0) is 0 Å². The average molecular weight is 413 g/mol. The SMILES string of the molecule is Cl.Cl.Cl.Cl.Cl.Cl.[H+].[H+].[Ir]. The summed E-state index contributed by atoms with van der Waals surface area (Å²) in [5.41, 5.74) is 0. The molecular weight excluding hydrogens is 405 g/mol. The smallest absolute Gasteiger partial charge is 0.147 e. The van der Waals surface area contributed by atoms with Crippen molar-refractivity contribution in [1.29, 1.82) is 0 Å². The molecule has 0 rings (SSSR count). The first kappa shape index (κ1) is 116. The number of halogens is 6. The van der Waals surface area contributed by atoms with Gasteiger partial charge in [0.1, 0.15) is 0 Å². The summed E-state index contributed by atoms with van der Waals surface area (Å²) < 4.78 is 0. The summed E-state index contributed by atoms with van der Waals surface area (Å²) in [4.78, 5) is 0. The molecular formula is H8Cl6Ir+2. The van der Waals surface area contributed by atoms with Crippen molar-refractivity contribution < 1.29 is 23.0 Å². The average Bonchev–Trinajstić information content (AvgIpc) is 0. The van der Waals surface area contributed by atoms with E-state index < -0.39 is 0 Å². The Bertz CT molecular complexity index is 11.0. The van der Waals surface area contributed by atoms with Crippen molar-refractivity contribution in [2.75, 3.05) is 0 Å². The molecule has 0 bridgehead atoms. The van der Waals surface area contributed by atoms with Crippen LogP contribution in [-0.2, 0) is 20.1 Å². The van der Waals surface area contributed by atoms with Gasteiger partial charge in [0.15, 0.2) is 0 Å². The van der Waals surface area contributed by atoms with Crippen LogP contribution in [-0.4, -0.2) is 0 Å². The second-order valence-electron chi connectivity index (χ2n) is 0. The van der Waals surface area contributed by atoms with Crippen LogP contribution in [0.25, 0.3) is 0 Å². The van der Waals surface area contributed by atoms with Crippen LogP contribution in [0.4, 0.5) is 0 Å². The third-order valence-corrected chi connectivity index (χ3v) is 0. The molecule has 0 aliphatic carbocycles. The maximum atomic E-state index is 0. The first-order valence-corrected chi connectivity index (χ1v) is 0. The number of rotatable bonds is 0. The van der Waals surface area contributed by atoms with Crippen molar-refractivity contribution in [3.8, 4) is 0 Å². The molecule has 7 heteroatoms. The van der Waals surface area contributed by atoms with E-state index in [0.29, 0.717) is 0 Å². The van der Waals surface area contributed by atoms with Crippen molar-refractivity contribution in [2.45, 2.75) is 0 Å². The van der Waals surface area contributed by atoms with Gasteiger partial charge in [-0.15, -0.1) is 74.4 Å². The Labute approximate surface area is 96.7 Å². The molecule has 0 aliphatic heterocycles. The van der Waals surface area contributed by atoms with E-state index in [2.05, 4.69) is 0 Å². The molecule has 0 saturated heterocycles. The molecule has 7 heavy (non-hydrogen) atoms. The van der Waals surface area contributed by atoms with E-state index >= 15 is 0 Å². The van der Waals surface area contributed by atoms with Gasteiger partial charge in [0.25, 0.3) is 0 Å². The van der Waals surface area contributed by atoms with Crippen molar-refractivity contribution in [3.63, 3.8) is 0 Å². The fourth-order valence-corrected chi connectivity index (χ4v) is 0. The Morgan fingerprint density at radius 1 is 0.429 bits per heavy atom. The Morgan fingerprint density at radius 3 is 0.429 bits per heavy atom. The molecule has 0 amide bonds. The zero-order valence-corrected chi connectivity index (χ0v) is 10.1. The van der Waals surface area contributed by atoms with Crippen LogP contribution in [0, 0.1) is 0 Å². The largest absolute Gasteiger partial charge is 1.00 e. The van der Waals surface area contributed by atoms with Crippen molar-refractivity contribution in [1.82, 2.24) is 0 Å². The van der Waals surface area contributed by atoms with Crippen LogP contribution >= 0.6 is 74.4 Å². The zero-order chi connectivity index (χ0) is 0. The van der Waals surface area contributed by atoms with Gasteiger partial charge >= 0.3 is 2.85 Å². The van der Waals surface area contributed by atoms with E-state index in [1.165, 1.54) is 0 Å². The van der Waals surface area contributed by atoms with Crippen LogP contribution < -0.4 is 0 Å². The Morgan fingerprint density at radius 2 is 0.429 bits per heavy atom. The summed E-state index contributed by atoms with van der Waals surface area (Å²) in [6, 6.07) is 0. The summed E-state index contributed by atoms with van der Waals surface area (Å²) in [5, 5.41) is 0. The molecule has 0 atom stereocenters. The maximum absolute atomic E-state index is 0. The van der Waals surface area contributed by atoms with E-state index in [0.717, 1.165) is 0 Å². The molecule has 0 heterocycles. The van der Waals surface area contributed by atoms with E-state index in [1.54, 1.807) is 0 Å². The van der Waals surface area contributed by atoms with Crippen LogP contribution in [0.15, 0.2) is 0 Å². The molecule has 0 fully saturated rings. The van der Waals surface area contributed by atoms with E-state index in [1.807, 2.05) is 0 Å². The predicted octanol–water partition coefficient (Wildman–Crippen LogP) is 2.75. The zero-order valence-electron chi connectivity index (χ0n) is 4.78. The van der Waals surface area contributed by atoms with Gasteiger partial charge in [-0.25, -0.2) is 0 Å². The Kier molecular flexibility index (Phi) is 1330. The quantitative estimate of drug-likeness (QED) is 0.574. The van der Waals surface area contributed by atoms with Gasteiger partial charge in [0.2, 0.25) is 0 Å². The molecule has 0 unspecified atom stereocenters. The van der Waals surface area contributed by atoms with Crippen LogP contribution in [0.1, 0.15) is 2.85 Å². The van der Waals surface area contributed by atoms with Crippen LogP contribution in [0.5, 0.6) is 0 Å².